The van der Waals surface area contributed by atoms with E-state index in [0.29, 0.717) is 11.0 Å². The van der Waals surface area contributed by atoms with E-state index in [2.05, 4.69) is 21.9 Å². The molecule has 0 unspecified atom stereocenters. The van der Waals surface area contributed by atoms with Crippen LogP contribution >= 0.6 is 11.6 Å². The van der Waals surface area contributed by atoms with Crippen molar-refractivity contribution in [1.29, 1.82) is 0 Å². The van der Waals surface area contributed by atoms with E-state index in [1.54, 1.807) is 6.20 Å². The van der Waals surface area contributed by atoms with E-state index in [1.807, 2.05) is 37.3 Å². The summed E-state index contributed by atoms with van der Waals surface area (Å²) in [7, 11) is 0. The molecule has 0 bridgehead atoms. The third kappa shape index (κ3) is 2.14. The van der Waals surface area contributed by atoms with Crippen molar-refractivity contribution in [3.8, 4) is 11.4 Å². The number of aromatic nitrogens is 3. The Morgan fingerprint density at radius 3 is 2.65 bits per heavy atom. The summed E-state index contributed by atoms with van der Waals surface area (Å²) >= 11 is 6.27. The fourth-order valence-electron chi connectivity index (χ4n) is 2.37. The van der Waals surface area contributed by atoms with Crippen LogP contribution in [0.4, 0.5) is 0 Å². The largest absolute Gasteiger partial charge is 0.256 e. The van der Waals surface area contributed by atoms with Crippen LogP contribution in [0.2, 0.25) is 5.15 Å². The zero-order chi connectivity index (χ0) is 14.1. The van der Waals surface area contributed by atoms with Crippen molar-refractivity contribution >= 4 is 22.5 Å². The van der Waals surface area contributed by atoms with Crippen molar-refractivity contribution in [2.45, 2.75) is 20.3 Å². The monoisotopic (exact) mass is 283 g/mol. The van der Waals surface area contributed by atoms with Crippen LogP contribution in [0, 0.1) is 6.92 Å². The predicted molar refractivity (Wildman–Crippen MR) is 81.9 cm³/mol. The molecule has 2 heterocycles. The van der Waals surface area contributed by atoms with E-state index in [4.69, 9.17) is 11.6 Å². The first-order valence-electron chi connectivity index (χ1n) is 6.58. The number of nitrogens with zero attached hydrogens (tertiary/aromatic N) is 3. The number of fused-ring (bicyclic) bond motifs is 1. The summed E-state index contributed by atoms with van der Waals surface area (Å²) in [6, 6.07) is 9.89. The molecular weight excluding hydrogens is 270 g/mol. The van der Waals surface area contributed by atoms with Gasteiger partial charge in [0.15, 0.2) is 5.82 Å². The number of halogens is 1. The van der Waals surface area contributed by atoms with Crippen molar-refractivity contribution in [3.05, 3.63) is 52.9 Å². The summed E-state index contributed by atoms with van der Waals surface area (Å²) in [5.74, 6) is 0.656. The van der Waals surface area contributed by atoms with E-state index in [-0.39, 0.29) is 0 Å². The lowest BCUT2D eigenvalue weighted by Gasteiger charge is -2.09. The Kier molecular flexibility index (Phi) is 3.36. The molecule has 1 aromatic carbocycles. The predicted octanol–water partition coefficient (Wildman–Crippen LogP) is 4.22. The van der Waals surface area contributed by atoms with Crippen LogP contribution in [0.5, 0.6) is 0 Å². The molecule has 0 saturated heterocycles. The van der Waals surface area contributed by atoms with Crippen molar-refractivity contribution < 1.29 is 0 Å². The Hall–Kier alpha value is -2.00. The number of rotatable bonds is 2. The summed E-state index contributed by atoms with van der Waals surface area (Å²) < 4.78 is 0. The molecular formula is C16H14ClN3. The summed E-state index contributed by atoms with van der Waals surface area (Å²) in [4.78, 5) is 13.4. The molecule has 0 radical (unpaired) electrons. The van der Waals surface area contributed by atoms with Gasteiger partial charge in [0, 0.05) is 28.4 Å². The molecule has 2 aromatic heterocycles. The third-order valence-electron chi connectivity index (χ3n) is 3.41. The zero-order valence-corrected chi connectivity index (χ0v) is 12.1. The van der Waals surface area contributed by atoms with Gasteiger partial charge in [-0.3, -0.25) is 4.98 Å². The number of aryl methyl sites for hydroxylation is 1. The number of para-hydroxylation sites is 1. The van der Waals surface area contributed by atoms with Gasteiger partial charge in [0.2, 0.25) is 0 Å². The van der Waals surface area contributed by atoms with Crippen LogP contribution in [0.1, 0.15) is 18.2 Å². The van der Waals surface area contributed by atoms with Gasteiger partial charge in [-0.05, 0) is 25.5 Å². The fraction of sp³-hybridized carbons (Fsp3) is 0.188. The number of hydrogen-bond donors (Lipinski definition) is 0. The van der Waals surface area contributed by atoms with E-state index in [9.17, 15) is 0 Å². The summed E-state index contributed by atoms with van der Waals surface area (Å²) in [5, 5.41) is 1.57. The maximum absolute atomic E-state index is 6.27. The Balaban J connectivity index is 2.26. The molecule has 3 nitrogen and oxygen atoms in total. The molecule has 0 N–H and O–H groups in total. The number of hydrogen-bond acceptors (Lipinski definition) is 3. The van der Waals surface area contributed by atoms with Gasteiger partial charge in [0.25, 0.3) is 0 Å². The van der Waals surface area contributed by atoms with Crippen LogP contribution in [0.15, 0.2) is 36.5 Å². The Labute approximate surface area is 122 Å². The van der Waals surface area contributed by atoms with Crippen LogP contribution in [0.3, 0.4) is 0 Å². The standard InChI is InChI=1S/C16H14ClN3/c1-3-11-10(2)19-16(20-15(11)17)13-8-9-18-14-7-5-4-6-12(13)14/h4-9H,3H2,1-2H3. The molecule has 0 saturated carbocycles. The molecule has 20 heavy (non-hydrogen) atoms. The molecule has 0 amide bonds. The van der Waals surface area contributed by atoms with Gasteiger partial charge in [-0.1, -0.05) is 36.7 Å². The van der Waals surface area contributed by atoms with Gasteiger partial charge in [-0.2, -0.15) is 0 Å². The zero-order valence-electron chi connectivity index (χ0n) is 11.4. The van der Waals surface area contributed by atoms with Crippen LogP contribution in [0.25, 0.3) is 22.3 Å². The first kappa shape index (κ1) is 13.0. The minimum Gasteiger partial charge on any atom is -0.256 e. The normalized spacial score (nSPS) is 10.9. The highest BCUT2D eigenvalue weighted by molar-refractivity contribution is 6.30. The maximum atomic E-state index is 6.27. The van der Waals surface area contributed by atoms with Crippen LogP contribution < -0.4 is 0 Å². The van der Waals surface area contributed by atoms with E-state index in [1.165, 1.54) is 0 Å². The molecule has 0 fully saturated rings. The molecule has 100 valence electrons. The summed E-state index contributed by atoms with van der Waals surface area (Å²) in [5.41, 5.74) is 3.84. The minimum absolute atomic E-state index is 0.538. The number of benzene rings is 1. The van der Waals surface area contributed by atoms with Gasteiger partial charge in [-0.25, -0.2) is 9.97 Å². The van der Waals surface area contributed by atoms with Crippen molar-refractivity contribution in [2.75, 3.05) is 0 Å². The molecule has 3 rings (SSSR count). The highest BCUT2D eigenvalue weighted by Crippen LogP contribution is 2.27. The summed E-state index contributed by atoms with van der Waals surface area (Å²) in [6.07, 6.45) is 2.61. The van der Waals surface area contributed by atoms with Gasteiger partial charge in [0.05, 0.1) is 5.52 Å². The van der Waals surface area contributed by atoms with Crippen molar-refractivity contribution in [3.63, 3.8) is 0 Å². The Morgan fingerprint density at radius 2 is 1.90 bits per heavy atom. The topological polar surface area (TPSA) is 38.7 Å². The van der Waals surface area contributed by atoms with Crippen molar-refractivity contribution in [1.82, 2.24) is 15.0 Å². The first-order valence-corrected chi connectivity index (χ1v) is 6.95. The van der Waals surface area contributed by atoms with E-state index < -0.39 is 0 Å². The first-order chi connectivity index (χ1) is 9.70. The summed E-state index contributed by atoms with van der Waals surface area (Å²) in [6.45, 7) is 4.03. The minimum atomic E-state index is 0.538. The smallest absolute Gasteiger partial charge is 0.161 e. The van der Waals surface area contributed by atoms with Crippen LogP contribution in [-0.4, -0.2) is 15.0 Å². The van der Waals surface area contributed by atoms with Gasteiger partial charge >= 0.3 is 0 Å². The molecule has 4 heteroatoms. The Bertz CT molecular complexity index is 755. The molecule has 0 spiro atoms. The quantitative estimate of drug-likeness (QED) is 0.661. The molecule has 0 aliphatic rings. The van der Waals surface area contributed by atoms with Gasteiger partial charge < -0.3 is 0 Å². The van der Waals surface area contributed by atoms with Gasteiger partial charge in [-0.15, -0.1) is 0 Å². The third-order valence-corrected chi connectivity index (χ3v) is 3.72. The van der Waals surface area contributed by atoms with Crippen LogP contribution in [-0.2, 0) is 6.42 Å². The van der Waals surface area contributed by atoms with E-state index >= 15 is 0 Å². The SMILES string of the molecule is CCc1c(C)nc(-c2ccnc3ccccc23)nc1Cl. The molecule has 0 aliphatic carbocycles. The molecule has 3 aromatic rings. The lowest BCUT2D eigenvalue weighted by atomic mass is 10.1. The molecule has 0 aliphatic heterocycles. The van der Waals surface area contributed by atoms with Gasteiger partial charge in [0.1, 0.15) is 5.15 Å². The maximum Gasteiger partial charge on any atom is 0.161 e. The van der Waals surface area contributed by atoms with E-state index in [0.717, 1.165) is 34.1 Å². The number of pyridine rings is 1. The second-order valence-corrected chi connectivity index (χ2v) is 4.99. The lowest BCUT2D eigenvalue weighted by molar-refractivity contribution is 1.00. The average molecular weight is 284 g/mol. The fourth-order valence-corrected chi connectivity index (χ4v) is 2.72. The highest BCUT2D eigenvalue weighted by atomic mass is 35.5. The highest BCUT2D eigenvalue weighted by Gasteiger charge is 2.12. The average Bonchev–Trinajstić information content (AvgIpc) is 2.46. The lowest BCUT2D eigenvalue weighted by Crippen LogP contribution is -1.99. The second-order valence-electron chi connectivity index (χ2n) is 4.63. The molecule has 0 atom stereocenters. The van der Waals surface area contributed by atoms with Crippen molar-refractivity contribution in [2.24, 2.45) is 0 Å². The Morgan fingerprint density at radius 1 is 1.10 bits per heavy atom. The second kappa shape index (κ2) is 5.17.